The quantitative estimate of drug-likeness (QED) is 0.473. The second-order valence-corrected chi connectivity index (χ2v) is 8.49. The van der Waals surface area contributed by atoms with E-state index in [1.54, 1.807) is 24.0 Å². The Morgan fingerprint density at radius 3 is 2.82 bits per heavy atom. The lowest BCUT2D eigenvalue weighted by Gasteiger charge is -2.17. The topological polar surface area (TPSA) is 103 Å². The number of halogens is 2. The van der Waals surface area contributed by atoms with Gasteiger partial charge < -0.3 is 20.1 Å². The third-order valence-electron chi connectivity index (χ3n) is 5.79. The van der Waals surface area contributed by atoms with Crippen LogP contribution in [0.1, 0.15) is 49.8 Å². The van der Waals surface area contributed by atoms with Crippen molar-refractivity contribution in [3.8, 4) is 0 Å². The highest BCUT2D eigenvalue weighted by Gasteiger charge is 2.29. The van der Waals surface area contributed by atoms with Crippen LogP contribution in [0.25, 0.3) is 5.52 Å². The number of amides is 1. The Morgan fingerprint density at radius 1 is 1.29 bits per heavy atom. The van der Waals surface area contributed by atoms with Gasteiger partial charge in [0.25, 0.3) is 0 Å². The standard InChI is InChI=1S/C23H28F2N6O3/c1-14(8-21(24)25)28-23(32)34-18-6-5-15(9-18)16-11-26-22(27-12-16)29-19-4-3-7-31-20(19)10-17(30-31)13-33-2/h3-4,7,10-12,14-15,18,21H,5-6,8-9,13H2,1-2H3,(H,28,32)(H,26,27,29)/t14-,15+,18-/m0/s1. The lowest BCUT2D eigenvalue weighted by atomic mass is 10.0. The predicted molar refractivity (Wildman–Crippen MR) is 121 cm³/mol. The molecule has 4 rings (SSSR count). The van der Waals surface area contributed by atoms with Crippen molar-refractivity contribution in [1.29, 1.82) is 0 Å². The van der Waals surface area contributed by atoms with E-state index in [-0.39, 0.29) is 12.0 Å². The number of nitrogens with zero attached hydrogens (tertiary/aromatic N) is 4. The molecule has 1 aliphatic rings. The van der Waals surface area contributed by atoms with Crippen molar-refractivity contribution in [2.75, 3.05) is 12.4 Å². The van der Waals surface area contributed by atoms with Gasteiger partial charge in [0.05, 0.1) is 23.5 Å². The maximum atomic E-state index is 12.4. The number of fused-ring (bicyclic) bond motifs is 1. The van der Waals surface area contributed by atoms with Crippen LogP contribution in [-0.2, 0) is 16.1 Å². The molecule has 182 valence electrons. The number of alkyl halides is 2. The van der Waals surface area contributed by atoms with Crippen molar-refractivity contribution in [2.45, 2.75) is 63.7 Å². The van der Waals surface area contributed by atoms with E-state index in [9.17, 15) is 13.6 Å². The number of hydrogen-bond donors (Lipinski definition) is 2. The Hall–Kier alpha value is -3.34. The Labute approximate surface area is 195 Å². The van der Waals surface area contributed by atoms with Gasteiger partial charge in [-0.3, -0.25) is 0 Å². The average Bonchev–Trinajstić information content (AvgIpc) is 3.41. The molecule has 1 amide bonds. The smallest absolute Gasteiger partial charge is 0.407 e. The molecule has 9 nitrogen and oxygen atoms in total. The number of carbonyl (C=O) groups is 1. The van der Waals surface area contributed by atoms with E-state index in [0.29, 0.717) is 25.4 Å². The van der Waals surface area contributed by atoms with Gasteiger partial charge in [0.15, 0.2) is 0 Å². The number of ether oxygens (including phenoxy) is 2. The number of nitrogens with one attached hydrogen (secondary N) is 2. The second kappa shape index (κ2) is 10.7. The fourth-order valence-corrected chi connectivity index (χ4v) is 4.19. The summed E-state index contributed by atoms with van der Waals surface area (Å²) in [5.74, 6) is 0.629. The number of alkyl carbamates (subject to hydrolysis) is 1. The summed E-state index contributed by atoms with van der Waals surface area (Å²) in [6.45, 7) is 1.96. The summed E-state index contributed by atoms with van der Waals surface area (Å²) < 4.78 is 37.2. The van der Waals surface area contributed by atoms with Gasteiger partial charge in [-0.05, 0) is 55.9 Å². The van der Waals surface area contributed by atoms with Crippen LogP contribution in [0.15, 0.2) is 36.8 Å². The number of aromatic nitrogens is 4. The zero-order valence-electron chi connectivity index (χ0n) is 19.1. The third-order valence-corrected chi connectivity index (χ3v) is 5.79. The van der Waals surface area contributed by atoms with E-state index in [0.717, 1.165) is 28.9 Å². The zero-order chi connectivity index (χ0) is 24.1. The summed E-state index contributed by atoms with van der Waals surface area (Å²) in [6, 6.07) is 5.12. The molecule has 3 aromatic rings. The molecule has 3 atom stereocenters. The Balaban J connectivity index is 1.33. The van der Waals surface area contributed by atoms with Gasteiger partial charge in [0.2, 0.25) is 12.4 Å². The monoisotopic (exact) mass is 474 g/mol. The second-order valence-electron chi connectivity index (χ2n) is 8.49. The van der Waals surface area contributed by atoms with E-state index < -0.39 is 25.0 Å². The van der Waals surface area contributed by atoms with Gasteiger partial charge in [-0.2, -0.15) is 5.10 Å². The van der Waals surface area contributed by atoms with Crippen LogP contribution in [0, 0.1) is 0 Å². The van der Waals surface area contributed by atoms with Gasteiger partial charge in [0, 0.05) is 38.2 Å². The van der Waals surface area contributed by atoms with Crippen LogP contribution >= 0.6 is 0 Å². The van der Waals surface area contributed by atoms with Gasteiger partial charge >= 0.3 is 6.09 Å². The van der Waals surface area contributed by atoms with Crippen LogP contribution in [-0.4, -0.2) is 51.4 Å². The maximum absolute atomic E-state index is 12.4. The molecule has 34 heavy (non-hydrogen) atoms. The Kier molecular flexibility index (Phi) is 7.51. The molecule has 3 heterocycles. The lowest BCUT2D eigenvalue weighted by Crippen LogP contribution is -2.36. The van der Waals surface area contributed by atoms with Crippen molar-refractivity contribution in [3.63, 3.8) is 0 Å². The molecule has 1 saturated carbocycles. The summed E-state index contributed by atoms with van der Waals surface area (Å²) >= 11 is 0. The molecule has 0 aromatic carbocycles. The summed E-state index contributed by atoms with van der Waals surface area (Å²) in [7, 11) is 1.63. The highest BCUT2D eigenvalue weighted by Crippen LogP contribution is 2.35. The van der Waals surface area contributed by atoms with Gasteiger partial charge in [-0.1, -0.05) is 0 Å². The molecular formula is C23H28F2N6O3. The first kappa shape index (κ1) is 23.8. The highest BCUT2D eigenvalue weighted by molar-refractivity contribution is 5.75. The fourth-order valence-electron chi connectivity index (χ4n) is 4.19. The normalized spacial score (nSPS) is 18.9. The number of hydrogen-bond acceptors (Lipinski definition) is 7. The number of rotatable bonds is 9. The molecule has 0 radical (unpaired) electrons. The molecule has 0 bridgehead atoms. The minimum Gasteiger partial charge on any atom is -0.446 e. The van der Waals surface area contributed by atoms with Gasteiger partial charge in [-0.15, -0.1) is 0 Å². The first-order valence-corrected chi connectivity index (χ1v) is 11.2. The van der Waals surface area contributed by atoms with E-state index in [1.165, 1.54) is 6.92 Å². The van der Waals surface area contributed by atoms with Crippen molar-refractivity contribution >= 4 is 23.2 Å². The fraction of sp³-hybridized carbons (Fsp3) is 0.478. The van der Waals surface area contributed by atoms with E-state index >= 15 is 0 Å². The van der Waals surface area contributed by atoms with Crippen molar-refractivity contribution in [3.05, 3.63) is 48.0 Å². The first-order chi connectivity index (χ1) is 16.4. The Bertz CT molecular complexity index is 1110. The van der Waals surface area contributed by atoms with Crippen LogP contribution in [0.2, 0.25) is 0 Å². The van der Waals surface area contributed by atoms with Gasteiger partial charge in [0.1, 0.15) is 6.10 Å². The number of pyridine rings is 1. The molecular weight excluding hydrogens is 446 g/mol. The highest BCUT2D eigenvalue weighted by atomic mass is 19.3. The molecule has 1 aliphatic carbocycles. The average molecular weight is 475 g/mol. The summed E-state index contributed by atoms with van der Waals surface area (Å²) in [5, 5.41) is 10.2. The predicted octanol–water partition coefficient (Wildman–Crippen LogP) is 4.42. The van der Waals surface area contributed by atoms with Crippen molar-refractivity contribution in [1.82, 2.24) is 24.9 Å². The number of anilines is 2. The first-order valence-electron chi connectivity index (χ1n) is 11.2. The van der Waals surface area contributed by atoms with Gasteiger partial charge in [-0.25, -0.2) is 28.1 Å². The van der Waals surface area contributed by atoms with Crippen LogP contribution in [0.5, 0.6) is 0 Å². The third kappa shape index (κ3) is 5.96. The molecule has 1 fully saturated rings. The van der Waals surface area contributed by atoms with Crippen LogP contribution < -0.4 is 10.6 Å². The largest absolute Gasteiger partial charge is 0.446 e. The SMILES string of the molecule is COCc1cc2c(Nc3ncc([C@@H]4CC[C@H](OC(=O)N[C@@H](C)CC(F)F)C4)cn3)cccn2n1. The minimum absolute atomic E-state index is 0.167. The van der Waals surface area contributed by atoms with E-state index in [4.69, 9.17) is 9.47 Å². The molecule has 3 aromatic heterocycles. The summed E-state index contributed by atoms with van der Waals surface area (Å²) in [5.41, 5.74) is 3.50. The number of carbonyl (C=O) groups excluding carboxylic acids is 1. The summed E-state index contributed by atoms with van der Waals surface area (Å²) in [6.07, 6.45) is 3.81. The molecule has 0 unspecified atom stereocenters. The van der Waals surface area contributed by atoms with E-state index in [1.807, 2.05) is 24.4 Å². The van der Waals surface area contributed by atoms with Crippen molar-refractivity contribution in [2.24, 2.45) is 0 Å². The summed E-state index contributed by atoms with van der Waals surface area (Å²) in [4.78, 5) is 20.9. The van der Waals surface area contributed by atoms with E-state index in [2.05, 4.69) is 25.7 Å². The minimum atomic E-state index is -2.47. The lowest BCUT2D eigenvalue weighted by molar-refractivity contribution is 0.0895. The molecule has 0 aliphatic heterocycles. The van der Waals surface area contributed by atoms with Crippen LogP contribution in [0.3, 0.4) is 0 Å². The zero-order valence-corrected chi connectivity index (χ0v) is 19.1. The molecule has 11 heteroatoms. The maximum Gasteiger partial charge on any atom is 0.407 e. The molecule has 0 saturated heterocycles. The Morgan fingerprint density at radius 2 is 2.09 bits per heavy atom. The molecule has 2 N–H and O–H groups in total. The van der Waals surface area contributed by atoms with Crippen LogP contribution in [0.4, 0.5) is 25.2 Å². The molecule has 0 spiro atoms. The number of methoxy groups -OCH3 is 1. The van der Waals surface area contributed by atoms with Crippen molar-refractivity contribution < 1.29 is 23.0 Å².